The minimum absolute atomic E-state index is 0.377. The Bertz CT molecular complexity index is 346. The Morgan fingerprint density at radius 2 is 2.24 bits per heavy atom. The first kappa shape index (κ1) is 15.0. The first-order chi connectivity index (χ1) is 8.19. The van der Waals surface area contributed by atoms with Crippen LogP contribution in [0.5, 0.6) is 0 Å². The normalized spacial score (nSPS) is 12.7. The summed E-state index contributed by atoms with van der Waals surface area (Å²) in [4.78, 5) is 1.33. The summed E-state index contributed by atoms with van der Waals surface area (Å²) in [5.74, 6) is 0.990. The lowest BCUT2D eigenvalue weighted by Gasteiger charge is -2.17. The summed E-state index contributed by atoms with van der Waals surface area (Å²) in [7, 11) is 1.74. The van der Waals surface area contributed by atoms with E-state index in [4.69, 9.17) is 4.74 Å². The number of nitrogens with one attached hydrogen (secondary N) is 1. The second-order valence-electron chi connectivity index (χ2n) is 3.80. The maximum absolute atomic E-state index is 5.09. The number of halogens is 1. The van der Waals surface area contributed by atoms with Gasteiger partial charge < -0.3 is 10.1 Å². The van der Waals surface area contributed by atoms with Crippen LogP contribution < -0.4 is 5.32 Å². The van der Waals surface area contributed by atoms with Crippen molar-refractivity contribution in [3.05, 3.63) is 28.2 Å². The monoisotopic (exact) mass is 317 g/mol. The topological polar surface area (TPSA) is 21.3 Å². The van der Waals surface area contributed by atoms with Gasteiger partial charge in [-0.2, -0.15) is 0 Å². The molecular formula is C13H20BrNOS. The molecule has 0 fully saturated rings. The molecule has 0 spiro atoms. The Labute approximate surface area is 117 Å². The molecule has 1 aromatic carbocycles. The van der Waals surface area contributed by atoms with Crippen LogP contribution >= 0.6 is 27.7 Å². The van der Waals surface area contributed by atoms with Crippen molar-refractivity contribution in [3.63, 3.8) is 0 Å². The summed E-state index contributed by atoms with van der Waals surface area (Å²) in [5, 5.41) is 3.45. The zero-order valence-electron chi connectivity index (χ0n) is 10.6. The van der Waals surface area contributed by atoms with Gasteiger partial charge in [0.05, 0.1) is 6.61 Å². The van der Waals surface area contributed by atoms with E-state index in [0.717, 1.165) is 23.4 Å². The molecule has 96 valence electrons. The molecule has 1 N–H and O–H groups in total. The molecule has 1 rings (SSSR count). The molecule has 17 heavy (non-hydrogen) atoms. The third-order valence-electron chi connectivity index (χ3n) is 2.49. The van der Waals surface area contributed by atoms with E-state index in [-0.39, 0.29) is 0 Å². The van der Waals surface area contributed by atoms with Crippen molar-refractivity contribution in [2.45, 2.75) is 24.8 Å². The van der Waals surface area contributed by atoms with Gasteiger partial charge in [0.2, 0.25) is 0 Å². The Balaban J connectivity index is 2.79. The second kappa shape index (κ2) is 8.14. The van der Waals surface area contributed by atoms with E-state index >= 15 is 0 Å². The largest absolute Gasteiger partial charge is 0.384 e. The van der Waals surface area contributed by atoms with Crippen LogP contribution in [0.4, 0.5) is 0 Å². The first-order valence-corrected chi connectivity index (χ1v) is 7.61. The van der Waals surface area contributed by atoms with Gasteiger partial charge in [0.1, 0.15) is 0 Å². The molecule has 0 bridgehead atoms. The molecule has 0 saturated carbocycles. The number of hydrogen-bond donors (Lipinski definition) is 1. The molecule has 0 radical (unpaired) electrons. The lowest BCUT2D eigenvalue weighted by atomic mass is 10.1. The van der Waals surface area contributed by atoms with Gasteiger partial charge in [-0.3, -0.25) is 0 Å². The summed E-state index contributed by atoms with van der Waals surface area (Å²) < 4.78 is 6.22. The molecule has 2 nitrogen and oxygen atoms in total. The van der Waals surface area contributed by atoms with E-state index in [9.17, 15) is 0 Å². The highest BCUT2D eigenvalue weighted by molar-refractivity contribution is 9.10. The van der Waals surface area contributed by atoms with Crippen molar-refractivity contribution in [1.29, 1.82) is 0 Å². The molecule has 1 aromatic rings. The summed E-state index contributed by atoms with van der Waals surface area (Å²) in [6.07, 6.45) is 0. The van der Waals surface area contributed by atoms with Crippen molar-refractivity contribution in [2.75, 3.05) is 26.0 Å². The average Bonchev–Trinajstić information content (AvgIpc) is 2.31. The SMILES string of the molecule is CCNC(C)c1cc(Br)ccc1SCCOC. The van der Waals surface area contributed by atoms with Crippen molar-refractivity contribution < 1.29 is 4.74 Å². The molecule has 0 aliphatic carbocycles. The Kier molecular flexibility index (Phi) is 7.19. The predicted octanol–water partition coefficient (Wildman–Crippen LogP) is 3.86. The first-order valence-electron chi connectivity index (χ1n) is 5.83. The fourth-order valence-corrected chi connectivity index (χ4v) is 3.06. The third-order valence-corrected chi connectivity index (χ3v) is 4.04. The van der Waals surface area contributed by atoms with Crippen LogP contribution in [0.1, 0.15) is 25.5 Å². The average molecular weight is 318 g/mol. The smallest absolute Gasteiger partial charge is 0.0556 e. The van der Waals surface area contributed by atoms with Gasteiger partial charge in [0.25, 0.3) is 0 Å². The number of thioether (sulfide) groups is 1. The van der Waals surface area contributed by atoms with Crippen molar-refractivity contribution in [1.82, 2.24) is 5.32 Å². The Hall–Kier alpha value is -0.0300. The quantitative estimate of drug-likeness (QED) is 0.609. The van der Waals surface area contributed by atoms with Crippen LogP contribution in [0.2, 0.25) is 0 Å². The van der Waals surface area contributed by atoms with Crippen LogP contribution in [0.25, 0.3) is 0 Å². The van der Waals surface area contributed by atoms with Crippen LogP contribution in [0, 0.1) is 0 Å². The standard InChI is InChI=1S/C13H20BrNOS/c1-4-15-10(2)12-9-11(14)5-6-13(12)17-8-7-16-3/h5-6,9-10,15H,4,7-8H2,1-3H3. The second-order valence-corrected chi connectivity index (χ2v) is 5.86. The van der Waals surface area contributed by atoms with Crippen LogP contribution in [-0.4, -0.2) is 26.0 Å². The van der Waals surface area contributed by atoms with E-state index in [1.165, 1.54) is 10.5 Å². The molecule has 0 aliphatic rings. The molecule has 0 aliphatic heterocycles. The minimum atomic E-state index is 0.377. The van der Waals surface area contributed by atoms with E-state index in [1.807, 2.05) is 11.8 Å². The van der Waals surface area contributed by atoms with Gasteiger partial charge in [-0.15, -0.1) is 11.8 Å². The number of rotatable bonds is 7. The fraction of sp³-hybridized carbons (Fsp3) is 0.538. The van der Waals surface area contributed by atoms with Gasteiger partial charge in [-0.25, -0.2) is 0 Å². The molecule has 0 heterocycles. The zero-order valence-corrected chi connectivity index (χ0v) is 13.0. The molecule has 0 saturated heterocycles. The lowest BCUT2D eigenvalue weighted by Crippen LogP contribution is -2.18. The van der Waals surface area contributed by atoms with Crippen LogP contribution in [0.15, 0.2) is 27.6 Å². The summed E-state index contributed by atoms with van der Waals surface area (Å²) in [5.41, 5.74) is 1.35. The van der Waals surface area contributed by atoms with E-state index in [2.05, 4.69) is 53.3 Å². The van der Waals surface area contributed by atoms with Gasteiger partial charge in [-0.1, -0.05) is 22.9 Å². The number of methoxy groups -OCH3 is 1. The maximum Gasteiger partial charge on any atom is 0.0556 e. The zero-order chi connectivity index (χ0) is 12.7. The van der Waals surface area contributed by atoms with Crippen LogP contribution in [-0.2, 0) is 4.74 Å². The summed E-state index contributed by atoms with van der Waals surface area (Å²) in [6, 6.07) is 6.84. The Morgan fingerprint density at radius 1 is 1.47 bits per heavy atom. The van der Waals surface area contributed by atoms with Crippen molar-refractivity contribution in [3.8, 4) is 0 Å². The summed E-state index contributed by atoms with van der Waals surface area (Å²) in [6.45, 7) is 6.10. The minimum Gasteiger partial charge on any atom is -0.384 e. The van der Waals surface area contributed by atoms with Gasteiger partial charge in [0, 0.05) is 28.3 Å². The Morgan fingerprint density at radius 3 is 2.88 bits per heavy atom. The molecule has 0 amide bonds. The predicted molar refractivity (Wildman–Crippen MR) is 78.8 cm³/mol. The number of benzene rings is 1. The maximum atomic E-state index is 5.09. The van der Waals surface area contributed by atoms with Crippen LogP contribution in [0.3, 0.4) is 0 Å². The van der Waals surface area contributed by atoms with E-state index in [1.54, 1.807) is 7.11 Å². The third kappa shape index (κ3) is 5.00. The highest BCUT2D eigenvalue weighted by Crippen LogP contribution is 2.30. The molecule has 4 heteroatoms. The van der Waals surface area contributed by atoms with E-state index in [0.29, 0.717) is 6.04 Å². The molecule has 0 aromatic heterocycles. The molecular weight excluding hydrogens is 298 g/mol. The van der Waals surface area contributed by atoms with Crippen molar-refractivity contribution in [2.24, 2.45) is 0 Å². The van der Waals surface area contributed by atoms with Gasteiger partial charge in [0.15, 0.2) is 0 Å². The van der Waals surface area contributed by atoms with Gasteiger partial charge >= 0.3 is 0 Å². The molecule has 1 unspecified atom stereocenters. The van der Waals surface area contributed by atoms with E-state index < -0.39 is 0 Å². The lowest BCUT2D eigenvalue weighted by molar-refractivity contribution is 0.218. The highest BCUT2D eigenvalue weighted by Gasteiger charge is 2.10. The molecule has 1 atom stereocenters. The number of ether oxygens (including phenoxy) is 1. The van der Waals surface area contributed by atoms with Gasteiger partial charge in [-0.05, 0) is 37.2 Å². The highest BCUT2D eigenvalue weighted by atomic mass is 79.9. The fourth-order valence-electron chi connectivity index (χ4n) is 1.64. The van der Waals surface area contributed by atoms with Crippen molar-refractivity contribution >= 4 is 27.7 Å². The number of hydrogen-bond acceptors (Lipinski definition) is 3. The summed E-state index contributed by atoms with van der Waals surface area (Å²) >= 11 is 5.38.